The highest BCUT2D eigenvalue weighted by Crippen LogP contribution is 2.21. The Morgan fingerprint density at radius 1 is 1.47 bits per heavy atom. The first-order chi connectivity index (χ1) is 8.29. The van der Waals surface area contributed by atoms with Crippen LogP contribution in [0.5, 0.6) is 0 Å². The minimum atomic E-state index is -0.337. The number of hydrogen-bond acceptors (Lipinski definition) is 3. The van der Waals surface area contributed by atoms with Crippen molar-refractivity contribution >= 4 is 5.97 Å². The van der Waals surface area contributed by atoms with Crippen molar-refractivity contribution in [2.75, 3.05) is 0 Å². The normalized spacial score (nSPS) is 19.8. The Kier molecular flexibility index (Phi) is 3.56. The summed E-state index contributed by atoms with van der Waals surface area (Å²) < 4.78 is 5.07. The standard InChI is InChI=1S/C14H13NO2/c15-10-12(13-8-9-14(16)17-13)7-6-11-4-2-1-3-5-11/h1-5,7,13H,6,8-9H2/b12-7-. The van der Waals surface area contributed by atoms with Gasteiger partial charge in [0.1, 0.15) is 6.10 Å². The number of rotatable bonds is 3. The Hall–Kier alpha value is -2.08. The van der Waals surface area contributed by atoms with E-state index in [4.69, 9.17) is 10.00 Å². The summed E-state index contributed by atoms with van der Waals surface area (Å²) in [5.74, 6) is -0.212. The summed E-state index contributed by atoms with van der Waals surface area (Å²) in [6.45, 7) is 0. The average Bonchev–Trinajstić information content (AvgIpc) is 2.78. The number of hydrogen-bond donors (Lipinski definition) is 0. The number of carbonyl (C=O) groups is 1. The molecule has 0 aliphatic carbocycles. The van der Waals surface area contributed by atoms with Crippen molar-refractivity contribution in [3.8, 4) is 6.07 Å². The van der Waals surface area contributed by atoms with E-state index >= 15 is 0 Å². The third-order valence-electron chi connectivity index (χ3n) is 2.76. The van der Waals surface area contributed by atoms with Crippen LogP contribution in [-0.2, 0) is 16.0 Å². The van der Waals surface area contributed by atoms with E-state index in [1.165, 1.54) is 0 Å². The van der Waals surface area contributed by atoms with Gasteiger partial charge in [-0.2, -0.15) is 5.26 Å². The highest BCUT2D eigenvalue weighted by atomic mass is 16.5. The summed E-state index contributed by atoms with van der Waals surface area (Å²) in [6.07, 6.45) is 3.23. The molecule has 1 heterocycles. The Morgan fingerprint density at radius 3 is 2.82 bits per heavy atom. The molecule has 1 aromatic rings. The molecule has 1 aromatic carbocycles. The monoisotopic (exact) mass is 227 g/mol. The van der Waals surface area contributed by atoms with E-state index in [-0.39, 0.29) is 12.1 Å². The molecular weight excluding hydrogens is 214 g/mol. The molecule has 0 N–H and O–H groups in total. The van der Waals surface area contributed by atoms with Gasteiger partial charge in [-0.25, -0.2) is 0 Å². The third kappa shape index (κ3) is 2.94. The van der Waals surface area contributed by atoms with Crippen molar-refractivity contribution in [3.05, 3.63) is 47.5 Å². The van der Waals surface area contributed by atoms with Gasteiger partial charge in [0.2, 0.25) is 0 Å². The SMILES string of the molecule is N#C/C(=C/Cc1ccccc1)C1CCC(=O)O1. The molecule has 0 bridgehead atoms. The molecule has 86 valence electrons. The lowest BCUT2D eigenvalue weighted by atomic mass is 10.0. The van der Waals surface area contributed by atoms with Gasteiger partial charge in [-0.15, -0.1) is 0 Å². The zero-order chi connectivity index (χ0) is 12.1. The Balaban J connectivity index is 2.04. The Morgan fingerprint density at radius 2 is 2.24 bits per heavy atom. The van der Waals surface area contributed by atoms with Crippen LogP contribution in [0.3, 0.4) is 0 Å². The van der Waals surface area contributed by atoms with Gasteiger partial charge in [0.25, 0.3) is 0 Å². The van der Waals surface area contributed by atoms with Gasteiger partial charge in [0.05, 0.1) is 11.6 Å². The molecule has 0 spiro atoms. The van der Waals surface area contributed by atoms with Crippen LogP contribution >= 0.6 is 0 Å². The lowest BCUT2D eigenvalue weighted by Gasteiger charge is -2.07. The fourth-order valence-electron chi connectivity index (χ4n) is 1.84. The summed E-state index contributed by atoms with van der Waals surface area (Å²) >= 11 is 0. The number of esters is 1. The van der Waals surface area contributed by atoms with Gasteiger partial charge in [-0.05, 0) is 18.4 Å². The average molecular weight is 227 g/mol. The molecule has 1 unspecified atom stereocenters. The number of nitriles is 1. The second-order valence-corrected chi connectivity index (χ2v) is 3.98. The second kappa shape index (κ2) is 5.31. The van der Waals surface area contributed by atoms with Gasteiger partial charge in [-0.1, -0.05) is 36.4 Å². The highest BCUT2D eigenvalue weighted by molar-refractivity contribution is 5.72. The quantitative estimate of drug-likeness (QED) is 0.588. The first-order valence-electron chi connectivity index (χ1n) is 5.63. The fourth-order valence-corrected chi connectivity index (χ4v) is 1.84. The van der Waals surface area contributed by atoms with E-state index in [1.807, 2.05) is 36.4 Å². The predicted octanol–water partition coefficient (Wildman–Crippen LogP) is 2.38. The molecular formula is C14H13NO2. The Labute approximate surface area is 100 Å². The summed E-state index contributed by atoms with van der Waals surface area (Å²) in [5.41, 5.74) is 1.70. The van der Waals surface area contributed by atoms with Crippen molar-refractivity contribution in [1.82, 2.24) is 0 Å². The van der Waals surface area contributed by atoms with Crippen LogP contribution in [0.25, 0.3) is 0 Å². The van der Waals surface area contributed by atoms with E-state index < -0.39 is 0 Å². The lowest BCUT2D eigenvalue weighted by Crippen LogP contribution is -2.09. The van der Waals surface area contributed by atoms with Crippen LogP contribution in [0.2, 0.25) is 0 Å². The molecule has 0 saturated carbocycles. The van der Waals surface area contributed by atoms with Crippen molar-refractivity contribution < 1.29 is 9.53 Å². The zero-order valence-corrected chi connectivity index (χ0v) is 9.43. The first-order valence-corrected chi connectivity index (χ1v) is 5.63. The molecule has 1 saturated heterocycles. The summed E-state index contributed by atoms with van der Waals surface area (Å²) in [4.78, 5) is 11.0. The maximum atomic E-state index is 11.0. The van der Waals surface area contributed by atoms with E-state index in [2.05, 4.69) is 6.07 Å². The van der Waals surface area contributed by atoms with E-state index in [9.17, 15) is 4.79 Å². The van der Waals surface area contributed by atoms with E-state index in [0.29, 0.717) is 24.8 Å². The van der Waals surface area contributed by atoms with Gasteiger partial charge < -0.3 is 4.74 Å². The summed E-state index contributed by atoms with van der Waals surface area (Å²) in [5, 5.41) is 9.04. The number of ether oxygens (including phenoxy) is 1. The molecule has 1 aliphatic rings. The van der Waals surface area contributed by atoms with Crippen molar-refractivity contribution in [2.24, 2.45) is 0 Å². The maximum Gasteiger partial charge on any atom is 0.306 e. The molecule has 3 heteroatoms. The number of nitrogens with zero attached hydrogens (tertiary/aromatic N) is 1. The minimum Gasteiger partial charge on any atom is -0.457 e. The number of allylic oxidation sites excluding steroid dienone is 1. The lowest BCUT2D eigenvalue weighted by molar-refractivity contribution is -0.140. The number of benzene rings is 1. The molecule has 1 fully saturated rings. The smallest absolute Gasteiger partial charge is 0.306 e. The van der Waals surface area contributed by atoms with Crippen molar-refractivity contribution in [3.63, 3.8) is 0 Å². The second-order valence-electron chi connectivity index (χ2n) is 3.98. The van der Waals surface area contributed by atoms with Crippen molar-refractivity contribution in [1.29, 1.82) is 5.26 Å². The van der Waals surface area contributed by atoms with Gasteiger partial charge in [0, 0.05) is 6.42 Å². The van der Waals surface area contributed by atoms with Crippen LogP contribution in [0.15, 0.2) is 42.0 Å². The highest BCUT2D eigenvalue weighted by Gasteiger charge is 2.26. The predicted molar refractivity (Wildman–Crippen MR) is 63.0 cm³/mol. The summed E-state index contributed by atoms with van der Waals surface area (Å²) in [6, 6.07) is 12.0. The minimum absolute atomic E-state index is 0.212. The molecule has 1 atom stereocenters. The fraction of sp³-hybridized carbons (Fsp3) is 0.286. The van der Waals surface area contributed by atoms with Crippen molar-refractivity contribution in [2.45, 2.75) is 25.4 Å². The number of carbonyl (C=O) groups excluding carboxylic acids is 1. The molecule has 0 aromatic heterocycles. The van der Waals surface area contributed by atoms with Gasteiger partial charge in [0.15, 0.2) is 0 Å². The van der Waals surface area contributed by atoms with Crippen LogP contribution in [0.1, 0.15) is 18.4 Å². The zero-order valence-electron chi connectivity index (χ0n) is 9.43. The van der Waals surface area contributed by atoms with Crippen LogP contribution in [0, 0.1) is 11.3 Å². The van der Waals surface area contributed by atoms with Crippen LogP contribution in [0.4, 0.5) is 0 Å². The third-order valence-corrected chi connectivity index (χ3v) is 2.76. The van der Waals surface area contributed by atoms with Crippen LogP contribution in [-0.4, -0.2) is 12.1 Å². The molecule has 3 nitrogen and oxygen atoms in total. The number of cyclic esters (lactones) is 1. The molecule has 17 heavy (non-hydrogen) atoms. The molecule has 2 rings (SSSR count). The van der Waals surface area contributed by atoms with E-state index in [0.717, 1.165) is 5.56 Å². The maximum absolute atomic E-state index is 11.0. The van der Waals surface area contributed by atoms with Gasteiger partial charge in [-0.3, -0.25) is 4.79 Å². The van der Waals surface area contributed by atoms with Gasteiger partial charge >= 0.3 is 5.97 Å². The summed E-state index contributed by atoms with van der Waals surface area (Å²) in [7, 11) is 0. The molecule has 0 amide bonds. The molecule has 0 radical (unpaired) electrons. The first kappa shape index (κ1) is 11.4. The van der Waals surface area contributed by atoms with E-state index in [1.54, 1.807) is 0 Å². The Bertz CT molecular complexity index is 471. The largest absolute Gasteiger partial charge is 0.457 e. The molecule has 1 aliphatic heterocycles. The topological polar surface area (TPSA) is 50.1 Å². The van der Waals surface area contributed by atoms with Crippen LogP contribution < -0.4 is 0 Å².